The molecule has 0 aliphatic carbocycles. The number of rotatable bonds is 3. The molecule has 2 aromatic heterocycles. The van der Waals surface area contributed by atoms with Crippen molar-refractivity contribution >= 4 is 28.3 Å². The van der Waals surface area contributed by atoms with E-state index in [1.807, 2.05) is 49.4 Å². The normalized spacial score (nSPS) is 14.4. The topological polar surface area (TPSA) is 67.3 Å². The molecule has 1 aromatic carbocycles. The molecule has 1 aliphatic heterocycles. The number of nitrogens with zero attached hydrogens (tertiary/aromatic N) is 3. The van der Waals surface area contributed by atoms with Crippen LogP contribution in [0.25, 0.3) is 10.9 Å². The second-order valence-corrected chi connectivity index (χ2v) is 6.27. The van der Waals surface area contributed by atoms with Crippen molar-refractivity contribution in [1.82, 2.24) is 9.97 Å². The third-order valence-corrected chi connectivity index (χ3v) is 4.51. The predicted molar refractivity (Wildman–Crippen MR) is 102 cm³/mol. The zero-order valence-corrected chi connectivity index (χ0v) is 14.6. The number of ether oxygens (including phenoxy) is 1. The Balaban J connectivity index is 1.53. The van der Waals surface area contributed by atoms with Gasteiger partial charge < -0.3 is 15.0 Å². The first-order valence-electron chi connectivity index (χ1n) is 8.67. The van der Waals surface area contributed by atoms with Crippen molar-refractivity contribution in [3.05, 3.63) is 59.9 Å². The van der Waals surface area contributed by atoms with E-state index in [1.54, 1.807) is 6.20 Å². The fourth-order valence-corrected chi connectivity index (χ4v) is 3.04. The first-order chi connectivity index (χ1) is 12.7. The van der Waals surface area contributed by atoms with Crippen LogP contribution >= 0.6 is 0 Å². The zero-order chi connectivity index (χ0) is 17.9. The van der Waals surface area contributed by atoms with Gasteiger partial charge in [-0.15, -0.1) is 0 Å². The Labute approximate surface area is 151 Å². The van der Waals surface area contributed by atoms with Crippen LogP contribution in [-0.2, 0) is 4.74 Å². The number of hydrogen-bond donors (Lipinski definition) is 1. The van der Waals surface area contributed by atoms with Gasteiger partial charge in [-0.25, -0.2) is 4.98 Å². The molecule has 1 amide bonds. The first kappa shape index (κ1) is 16.5. The molecule has 0 bridgehead atoms. The van der Waals surface area contributed by atoms with Crippen LogP contribution in [0.5, 0.6) is 0 Å². The Morgan fingerprint density at radius 2 is 1.96 bits per heavy atom. The summed E-state index contributed by atoms with van der Waals surface area (Å²) in [5, 5.41) is 3.88. The molecule has 1 fully saturated rings. The lowest BCUT2D eigenvalue weighted by atomic mass is 10.1. The Kier molecular flexibility index (Phi) is 4.50. The average molecular weight is 348 g/mol. The fraction of sp³-hybridized carbons (Fsp3) is 0.250. The third kappa shape index (κ3) is 3.36. The maximum absolute atomic E-state index is 12.6. The lowest BCUT2D eigenvalue weighted by Crippen LogP contribution is -2.36. The van der Waals surface area contributed by atoms with Crippen molar-refractivity contribution in [3.8, 4) is 0 Å². The fourth-order valence-electron chi connectivity index (χ4n) is 3.04. The molecule has 0 radical (unpaired) electrons. The number of anilines is 2. The van der Waals surface area contributed by atoms with Crippen LogP contribution in [0.2, 0.25) is 0 Å². The highest BCUT2D eigenvalue weighted by Crippen LogP contribution is 2.21. The minimum absolute atomic E-state index is 0.188. The number of aromatic nitrogens is 2. The summed E-state index contributed by atoms with van der Waals surface area (Å²) < 4.78 is 5.37. The maximum atomic E-state index is 12.6. The van der Waals surface area contributed by atoms with E-state index < -0.39 is 0 Å². The van der Waals surface area contributed by atoms with Gasteiger partial charge in [0.05, 0.1) is 35.7 Å². The summed E-state index contributed by atoms with van der Waals surface area (Å²) in [6, 6.07) is 13.4. The summed E-state index contributed by atoms with van der Waals surface area (Å²) in [5.74, 6) is 0.725. The summed E-state index contributed by atoms with van der Waals surface area (Å²) in [7, 11) is 0. The SMILES string of the molecule is Cc1nc(N2CCOCC2)ccc1NC(=O)c1cnc2ccccc2c1. The molecule has 0 saturated carbocycles. The Hall–Kier alpha value is -2.99. The summed E-state index contributed by atoms with van der Waals surface area (Å²) in [4.78, 5) is 23.8. The largest absolute Gasteiger partial charge is 0.378 e. The first-order valence-corrected chi connectivity index (χ1v) is 8.67. The quantitative estimate of drug-likeness (QED) is 0.788. The molecule has 6 nitrogen and oxygen atoms in total. The summed E-state index contributed by atoms with van der Waals surface area (Å²) in [5.41, 5.74) is 2.90. The van der Waals surface area contributed by atoms with Gasteiger partial charge in [0.25, 0.3) is 5.91 Å². The number of carbonyl (C=O) groups is 1. The standard InChI is InChI=1S/C20H20N4O2/c1-14-17(6-7-19(22-14)24-8-10-26-11-9-24)23-20(25)16-12-15-4-2-3-5-18(15)21-13-16/h2-7,12-13H,8-11H2,1H3,(H,23,25). The smallest absolute Gasteiger partial charge is 0.257 e. The number of carbonyl (C=O) groups excluding carboxylic acids is 1. The summed E-state index contributed by atoms with van der Waals surface area (Å²) in [6.07, 6.45) is 1.60. The van der Waals surface area contributed by atoms with E-state index >= 15 is 0 Å². The van der Waals surface area contributed by atoms with E-state index in [0.717, 1.165) is 35.5 Å². The second-order valence-electron chi connectivity index (χ2n) is 6.27. The molecule has 1 aliphatic rings. The van der Waals surface area contributed by atoms with Gasteiger partial charge in [-0.2, -0.15) is 0 Å². The maximum Gasteiger partial charge on any atom is 0.257 e. The number of nitrogens with one attached hydrogen (secondary N) is 1. The predicted octanol–water partition coefficient (Wildman–Crippen LogP) is 3.03. The van der Waals surface area contributed by atoms with Crippen LogP contribution < -0.4 is 10.2 Å². The molecule has 132 valence electrons. The van der Waals surface area contributed by atoms with Gasteiger partial charge in [-0.1, -0.05) is 18.2 Å². The minimum Gasteiger partial charge on any atom is -0.378 e. The Bertz CT molecular complexity index is 951. The van der Waals surface area contributed by atoms with E-state index in [-0.39, 0.29) is 5.91 Å². The molecule has 0 unspecified atom stereocenters. The van der Waals surface area contributed by atoms with E-state index in [9.17, 15) is 4.79 Å². The van der Waals surface area contributed by atoms with Crippen molar-refractivity contribution < 1.29 is 9.53 Å². The molecule has 1 saturated heterocycles. The van der Waals surface area contributed by atoms with Gasteiger partial charge in [0.1, 0.15) is 5.82 Å². The molecule has 0 spiro atoms. The molecule has 1 N–H and O–H groups in total. The van der Waals surface area contributed by atoms with Gasteiger partial charge >= 0.3 is 0 Å². The third-order valence-electron chi connectivity index (χ3n) is 4.51. The molecule has 3 heterocycles. The van der Waals surface area contributed by atoms with Crippen LogP contribution in [0.4, 0.5) is 11.5 Å². The van der Waals surface area contributed by atoms with Crippen LogP contribution in [0, 0.1) is 6.92 Å². The minimum atomic E-state index is -0.188. The summed E-state index contributed by atoms with van der Waals surface area (Å²) in [6.45, 7) is 5.00. The van der Waals surface area contributed by atoms with Gasteiger partial charge in [-0.05, 0) is 31.2 Å². The number of benzene rings is 1. The van der Waals surface area contributed by atoms with Crippen LogP contribution in [-0.4, -0.2) is 42.2 Å². The average Bonchev–Trinajstić information content (AvgIpc) is 2.69. The highest BCUT2D eigenvalue weighted by atomic mass is 16.5. The van der Waals surface area contributed by atoms with E-state index in [2.05, 4.69) is 20.2 Å². The Morgan fingerprint density at radius 1 is 1.15 bits per heavy atom. The van der Waals surface area contributed by atoms with E-state index in [4.69, 9.17) is 4.74 Å². The number of morpholine rings is 1. The van der Waals surface area contributed by atoms with Crippen LogP contribution in [0.1, 0.15) is 16.1 Å². The molecule has 6 heteroatoms. The molecule has 3 aromatic rings. The molecular formula is C20H20N4O2. The second kappa shape index (κ2) is 7.09. The van der Waals surface area contributed by atoms with Crippen LogP contribution in [0.3, 0.4) is 0 Å². The van der Waals surface area contributed by atoms with Crippen molar-refractivity contribution in [2.24, 2.45) is 0 Å². The summed E-state index contributed by atoms with van der Waals surface area (Å²) >= 11 is 0. The van der Waals surface area contributed by atoms with Crippen molar-refractivity contribution in [3.63, 3.8) is 0 Å². The number of para-hydroxylation sites is 1. The van der Waals surface area contributed by atoms with Gasteiger partial charge in [0, 0.05) is 24.7 Å². The number of amides is 1. The highest BCUT2D eigenvalue weighted by molar-refractivity contribution is 6.06. The monoisotopic (exact) mass is 348 g/mol. The number of fused-ring (bicyclic) bond motifs is 1. The van der Waals surface area contributed by atoms with Gasteiger partial charge in [0.15, 0.2) is 0 Å². The molecule has 0 atom stereocenters. The highest BCUT2D eigenvalue weighted by Gasteiger charge is 2.15. The van der Waals surface area contributed by atoms with E-state index in [0.29, 0.717) is 24.5 Å². The van der Waals surface area contributed by atoms with Gasteiger partial charge in [0.2, 0.25) is 0 Å². The number of hydrogen-bond acceptors (Lipinski definition) is 5. The van der Waals surface area contributed by atoms with Gasteiger partial charge in [-0.3, -0.25) is 9.78 Å². The van der Waals surface area contributed by atoms with Crippen molar-refractivity contribution in [2.45, 2.75) is 6.92 Å². The van der Waals surface area contributed by atoms with Crippen molar-refractivity contribution in [1.29, 1.82) is 0 Å². The van der Waals surface area contributed by atoms with E-state index in [1.165, 1.54) is 0 Å². The number of pyridine rings is 2. The zero-order valence-electron chi connectivity index (χ0n) is 14.6. The Morgan fingerprint density at radius 3 is 2.77 bits per heavy atom. The molecule has 4 rings (SSSR count). The van der Waals surface area contributed by atoms with Crippen molar-refractivity contribution in [2.75, 3.05) is 36.5 Å². The lowest BCUT2D eigenvalue weighted by Gasteiger charge is -2.28. The lowest BCUT2D eigenvalue weighted by molar-refractivity contribution is 0.102. The molecular weight excluding hydrogens is 328 g/mol. The molecule has 26 heavy (non-hydrogen) atoms. The van der Waals surface area contributed by atoms with Crippen LogP contribution in [0.15, 0.2) is 48.7 Å². The number of aryl methyl sites for hydroxylation is 1.